The number of benzene rings is 2. The van der Waals surface area contributed by atoms with Gasteiger partial charge in [0.15, 0.2) is 6.61 Å². The highest BCUT2D eigenvalue weighted by atomic mass is 16.5. The molecule has 6 nitrogen and oxygen atoms in total. The van der Waals surface area contributed by atoms with Gasteiger partial charge in [-0.1, -0.05) is 48.5 Å². The number of hydrogen-bond acceptors (Lipinski definition) is 4. The summed E-state index contributed by atoms with van der Waals surface area (Å²) in [6.07, 6.45) is 0. The quantitative estimate of drug-likeness (QED) is 0.874. The van der Waals surface area contributed by atoms with Crippen molar-refractivity contribution in [2.45, 2.75) is 0 Å². The fourth-order valence-electron chi connectivity index (χ4n) is 2.52. The summed E-state index contributed by atoms with van der Waals surface area (Å²) >= 11 is 0. The molecule has 1 saturated heterocycles. The first-order valence-electron chi connectivity index (χ1n) is 7.56. The van der Waals surface area contributed by atoms with Crippen LogP contribution >= 0.6 is 0 Å². The van der Waals surface area contributed by atoms with Crippen LogP contribution in [0.25, 0.3) is 11.1 Å². The largest absolute Gasteiger partial charge is 0.452 e. The maximum absolute atomic E-state index is 12.3. The van der Waals surface area contributed by atoms with Crippen LogP contribution in [-0.4, -0.2) is 42.5 Å². The number of ether oxygens (including phenoxy) is 1. The highest BCUT2D eigenvalue weighted by Crippen LogP contribution is 2.24. The van der Waals surface area contributed by atoms with Crippen LogP contribution in [0.3, 0.4) is 0 Å². The number of hydrogen-bond donors (Lipinski definition) is 1. The van der Waals surface area contributed by atoms with Crippen molar-refractivity contribution in [2.24, 2.45) is 0 Å². The van der Waals surface area contributed by atoms with E-state index in [0.29, 0.717) is 12.1 Å². The zero-order valence-electron chi connectivity index (χ0n) is 12.9. The van der Waals surface area contributed by atoms with Crippen LogP contribution in [0, 0.1) is 0 Å². The number of nitrogens with zero attached hydrogens (tertiary/aromatic N) is 1. The van der Waals surface area contributed by atoms with Crippen molar-refractivity contribution in [3.05, 3.63) is 60.2 Å². The predicted molar refractivity (Wildman–Crippen MR) is 87.3 cm³/mol. The summed E-state index contributed by atoms with van der Waals surface area (Å²) in [6.45, 7) is 0.237. The summed E-state index contributed by atoms with van der Waals surface area (Å²) in [5.74, 6) is -1.13. The topological polar surface area (TPSA) is 75.7 Å². The Kier molecular flexibility index (Phi) is 4.56. The van der Waals surface area contributed by atoms with Gasteiger partial charge in [0.1, 0.15) is 0 Å². The molecule has 0 bridgehead atoms. The van der Waals surface area contributed by atoms with Gasteiger partial charge in [0, 0.05) is 13.1 Å². The van der Waals surface area contributed by atoms with Crippen molar-refractivity contribution in [3.8, 4) is 11.1 Å². The molecule has 2 aromatic carbocycles. The molecule has 1 heterocycles. The molecule has 3 amide bonds. The summed E-state index contributed by atoms with van der Waals surface area (Å²) in [5, 5.41) is 2.53. The Morgan fingerprint density at radius 1 is 1.04 bits per heavy atom. The van der Waals surface area contributed by atoms with Crippen molar-refractivity contribution in [1.82, 2.24) is 10.2 Å². The molecule has 2 aromatic rings. The van der Waals surface area contributed by atoms with Crippen molar-refractivity contribution in [3.63, 3.8) is 0 Å². The number of esters is 1. The van der Waals surface area contributed by atoms with E-state index in [1.54, 1.807) is 12.1 Å². The molecule has 0 radical (unpaired) electrons. The Morgan fingerprint density at radius 3 is 2.46 bits per heavy atom. The smallest absolute Gasteiger partial charge is 0.339 e. The first-order valence-corrected chi connectivity index (χ1v) is 7.56. The van der Waals surface area contributed by atoms with Gasteiger partial charge in [-0.3, -0.25) is 9.69 Å². The molecule has 1 aliphatic rings. The van der Waals surface area contributed by atoms with E-state index in [1.807, 2.05) is 42.5 Å². The molecule has 1 aliphatic heterocycles. The number of rotatable bonds is 4. The van der Waals surface area contributed by atoms with E-state index in [9.17, 15) is 14.4 Å². The average Bonchev–Trinajstić information content (AvgIpc) is 3.06. The van der Waals surface area contributed by atoms with E-state index >= 15 is 0 Å². The van der Waals surface area contributed by atoms with Crippen LogP contribution < -0.4 is 5.32 Å². The molecular weight excluding hydrogens is 308 g/mol. The number of carbonyl (C=O) groups excluding carboxylic acids is 3. The minimum Gasteiger partial charge on any atom is -0.452 e. The van der Waals surface area contributed by atoms with Crippen LogP contribution in [0.2, 0.25) is 0 Å². The minimum atomic E-state index is -0.595. The summed E-state index contributed by atoms with van der Waals surface area (Å²) in [5.41, 5.74) is 1.99. The lowest BCUT2D eigenvalue weighted by Crippen LogP contribution is -2.37. The molecule has 1 N–H and O–H groups in total. The number of imide groups is 1. The third kappa shape index (κ3) is 3.27. The number of urea groups is 1. The predicted octanol–water partition coefficient (Wildman–Crippen LogP) is 2.06. The second-order valence-corrected chi connectivity index (χ2v) is 5.27. The highest BCUT2D eigenvalue weighted by Gasteiger charge is 2.27. The summed E-state index contributed by atoms with van der Waals surface area (Å²) in [4.78, 5) is 36.7. The van der Waals surface area contributed by atoms with E-state index in [1.165, 1.54) is 0 Å². The molecular formula is C18H16N2O4. The van der Waals surface area contributed by atoms with Crippen LogP contribution in [-0.2, 0) is 9.53 Å². The Morgan fingerprint density at radius 2 is 1.75 bits per heavy atom. The SMILES string of the molecule is O=C(OCC(=O)N1CCNC1=O)c1ccccc1-c1ccccc1. The third-order valence-electron chi connectivity index (χ3n) is 3.72. The molecule has 0 saturated carbocycles. The van der Waals surface area contributed by atoms with E-state index in [4.69, 9.17) is 4.74 Å². The van der Waals surface area contributed by atoms with Crippen LogP contribution in [0.15, 0.2) is 54.6 Å². The highest BCUT2D eigenvalue weighted by molar-refractivity contribution is 6.00. The fraction of sp³-hybridized carbons (Fsp3) is 0.167. The van der Waals surface area contributed by atoms with Crippen LogP contribution in [0.4, 0.5) is 4.79 Å². The Balaban J connectivity index is 1.72. The van der Waals surface area contributed by atoms with Crippen molar-refractivity contribution in [1.29, 1.82) is 0 Å². The number of carbonyl (C=O) groups is 3. The summed E-state index contributed by atoms with van der Waals surface area (Å²) in [7, 11) is 0. The van der Waals surface area contributed by atoms with E-state index in [2.05, 4.69) is 5.32 Å². The van der Waals surface area contributed by atoms with Gasteiger partial charge in [-0.2, -0.15) is 0 Å². The van der Waals surface area contributed by atoms with E-state index in [0.717, 1.165) is 16.0 Å². The first-order chi connectivity index (χ1) is 11.7. The van der Waals surface area contributed by atoms with Gasteiger partial charge in [-0.25, -0.2) is 9.59 Å². The Hall–Kier alpha value is -3.15. The summed E-state index contributed by atoms with van der Waals surface area (Å²) < 4.78 is 5.10. The Labute approximate surface area is 139 Å². The van der Waals surface area contributed by atoms with Gasteiger partial charge < -0.3 is 10.1 Å². The van der Waals surface area contributed by atoms with E-state index < -0.39 is 24.5 Å². The number of nitrogens with one attached hydrogen (secondary N) is 1. The maximum Gasteiger partial charge on any atom is 0.339 e. The van der Waals surface area contributed by atoms with Gasteiger partial charge in [-0.05, 0) is 17.2 Å². The minimum absolute atomic E-state index is 0.288. The van der Waals surface area contributed by atoms with Crippen molar-refractivity contribution >= 4 is 17.9 Å². The second kappa shape index (κ2) is 6.95. The molecule has 122 valence electrons. The van der Waals surface area contributed by atoms with Gasteiger partial charge in [-0.15, -0.1) is 0 Å². The standard InChI is InChI=1S/C18H16N2O4/c21-16(20-11-10-19-18(20)23)12-24-17(22)15-9-5-4-8-14(15)13-6-2-1-3-7-13/h1-9H,10-12H2,(H,19,23). The summed E-state index contributed by atoms with van der Waals surface area (Å²) in [6, 6.07) is 16.0. The van der Waals surface area contributed by atoms with Gasteiger partial charge in [0.05, 0.1) is 5.56 Å². The number of amides is 3. The average molecular weight is 324 g/mol. The fourth-order valence-corrected chi connectivity index (χ4v) is 2.52. The van der Waals surface area contributed by atoms with Gasteiger partial charge in [0.2, 0.25) is 0 Å². The zero-order valence-corrected chi connectivity index (χ0v) is 12.9. The van der Waals surface area contributed by atoms with E-state index in [-0.39, 0.29) is 6.54 Å². The molecule has 0 atom stereocenters. The zero-order chi connectivity index (χ0) is 16.9. The molecule has 0 unspecified atom stereocenters. The molecule has 0 spiro atoms. The lowest BCUT2D eigenvalue weighted by molar-refractivity contribution is -0.130. The third-order valence-corrected chi connectivity index (χ3v) is 3.72. The molecule has 1 fully saturated rings. The van der Waals surface area contributed by atoms with Crippen molar-refractivity contribution in [2.75, 3.05) is 19.7 Å². The second-order valence-electron chi connectivity index (χ2n) is 5.27. The molecule has 0 aliphatic carbocycles. The van der Waals surface area contributed by atoms with Gasteiger partial charge >= 0.3 is 12.0 Å². The normalized spacial score (nSPS) is 13.5. The lowest BCUT2D eigenvalue weighted by Gasteiger charge is -2.13. The Bertz CT molecular complexity index is 774. The molecule has 3 rings (SSSR count). The van der Waals surface area contributed by atoms with Crippen molar-refractivity contribution < 1.29 is 19.1 Å². The maximum atomic E-state index is 12.3. The lowest BCUT2D eigenvalue weighted by atomic mass is 10.00. The van der Waals surface area contributed by atoms with Gasteiger partial charge in [0.25, 0.3) is 5.91 Å². The first kappa shape index (κ1) is 15.7. The monoisotopic (exact) mass is 324 g/mol. The molecule has 6 heteroatoms. The van der Waals surface area contributed by atoms with Crippen LogP contribution in [0.5, 0.6) is 0 Å². The molecule has 24 heavy (non-hydrogen) atoms. The molecule has 0 aromatic heterocycles. The van der Waals surface area contributed by atoms with Crippen LogP contribution in [0.1, 0.15) is 10.4 Å².